The van der Waals surface area contributed by atoms with Crippen LogP contribution in [0.2, 0.25) is 0 Å². The van der Waals surface area contributed by atoms with E-state index in [1.807, 2.05) is 12.3 Å². The Morgan fingerprint density at radius 2 is 2.50 bits per heavy atom. The molecule has 1 aromatic rings. The standard InChI is InChI=1S/C12H20N2OS/c1-12(15,9-11-14-6-7-16-11)8-10-4-2-3-5-13-10/h6-7,10,13,15H,2-5,8-9H2,1H3. The van der Waals surface area contributed by atoms with Gasteiger partial charge in [-0.2, -0.15) is 0 Å². The summed E-state index contributed by atoms with van der Waals surface area (Å²) in [7, 11) is 0. The molecular formula is C12H20N2OS. The Morgan fingerprint density at radius 3 is 3.12 bits per heavy atom. The number of hydrogen-bond donors (Lipinski definition) is 2. The molecule has 2 unspecified atom stereocenters. The van der Waals surface area contributed by atoms with E-state index in [1.165, 1.54) is 19.3 Å². The Labute approximate surface area is 101 Å². The SMILES string of the molecule is CC(O)(Cc1nccs1)CC1CCCCN1. The first-order valence-corrected chi connectivity index (χ1v) is 6.88. The summed E-state index contributed by atoms with van der Waals surface area (Å²) in [5, 5.41) is 16.8. The summed E-state index contributed by atoms with van der Waals surface area (Å²) in [5.74, 6) is 0. The van der Waals surface area contributed by atoms with Gasteiger partial charge in [0.2, 0.25) is 0 Å². The van der Waals surface area contributed by atoms with Crippen LogP contribution in [0.25, 0.3) is 0 Å². The number of rotatable bonds is 4. The van der Waals surface area contributed by atoms with Crippen molar-refractivity contribution >= 4 is 11.3 Å². The first-order valence-electron chi connectivity index (χ1n) is 6.00. The number of nitrogens with one attached hydrogen (secondary N) is 1. The van der Waals surface area contributed by atoms with E-state index in [2.05, 4.69) is 10.3 Å². The van der Waals surface area contributed by atoms with Crippen LogP contribution in [-0.2, 0) is 6.42 Å². The second kappa shape index (κ2) is 5.25. The van der Waals surface area contributed by atoms with E-state index in [-0.39, 0.29) is 0 Å². The Kier molecular flexibility index (Phi) is 3.95. The minimum Gasteiger partial charge on any atom is -0.390 e. The molecule has 2 atom stereocenters. The predicted octanol–water partition coefficient (Wildman–Crippen LogP) is 1.97. The monoisotopic (exact) mass is 240 g/mol. The van der Waals surface area contributed by atoms with Crippen molar-refractivity contribution in [1.29, 1.82) is 0 Å². The van der Waals surface area contributed by atoms with Crippen LogP contribution in [0.5, 0.6) is 0 Å². The van der Waals surface area contributed by atoms with E-state index >= 15 is 0 Å². The maximum atomic E-state index is 10.4. The minimum atomic E-state index is -0.632. The fourth-order valence-corrected chi connectivity index (χ4v) is 3.16. The second-order valence-corrected chi connectivity index (χ2v) is 5.93. The van der Waals surface area contributed by atoms with Crippen LogP contribution in [0.1, 0.15) is 37.6 Å². The highest BCUT2D eigenvalue weighted by atomic mass is 32.1. The lowest BCUT2D eigenvalue weighted by atomic mass is 9.89. The van der Waals surface area contributed by atoms with Gasteiger partial charge in [-0.3, -0.25) is 0 Å². The fourth-order valence-electron chi connectivity index (χ4n) is 2.37. The van der Waals surface area contributed by atoms with Crippen molar-refractivity contribution in [3.05, 3.63) is 16.6 Å². The molecule has 90 valence electrons. The zero-order chi connectivity index (χ0) is 11.4. The Hall–Kier alpha value is -0.450. The third-order valence-electron chi connectivity index (χ3n) is 3.11. The van der Waals surface area contributed by atoms with Crippen molar-refractivity contribution in [3.8, 4) is 0 Å². The van der Waals surface area contributed by atoms with E-state index in [9.17, 15) is 5.11 Å². The Morgan fingerprint density at radius 1 is 1.62 bits per heavy atom. The average Bonchev–Trinajstić information content (AvgIpc) is 2.70. The number of nitrogens with zero attached hydrogens (tertiary/aromatic N) is 1. The first-order chi connectivity index (χ1) is 7.66. The molecular weight excluding hydrogens is 220 g/mol. The van der Waals surface area contributed by atoms with Crippen LogP contribution in [0.15, 0.2) is 11.6 Å². The number of piperidine rings is 1. The predicted molar refractivity (Wildman–Crippen MR) is 66.7 cm³/mol. The van der Waals surface area contributed by atoms with Crippen LogP contribution in [-0.4, -0.2) is 28.3 Å². The van der Waals surface area contributed by atoms with Gasteiger partial charge in [-0.05, 0) is 32.7 Å². The van der Waals surface area contributed by atoms with Crippen molar-refractivity contribution in [2.24, 2.45) is 0 Å². The Balaban J connectivity index is 1.86. The van der Waals surface area contributed by atoms with Gasteiger partial charge in [0.25, 0.3) is 0 Å². The van der Waals surface area contributed by atoms with Gasteiger partial charge in [0.15, 0.2) is 0 Å². The van der Waals surface area contributed by atoms with E-state index < -0.39 is 5.60 Å². The van der Waals surface area contributed by atoms with Gasteiger partial charge in [-0.15, -0.1) is 11.3 Å². The van der Waals surface area contributed by atoms with Crippen LogP contribution >= 0.6 is 11.3 Å². The van der Waals surface area contributed by atoms with Crippen molar-refractivity contribution in [2.75, 3.05) is 6.54 Å². The second-order valence-electron chi connectivity index (χ2n) is 4.95. The largest absolute Gasteiger partial charge is 0.390 e. The van der Waals surface area contributed by atoms with Gasteiger partial charge in [0.05, 0.1) is 10.6 Å². The molecule has 1 fully saturated rings. The highest BCUT2D eigenvalue weighted by Gasteiger charge is 2.27. The van der Waals surface area contributed by atoms with E-state index in [0.717, 1.165) is 18.0 Å². The van der Waals surface area contributed by atoms with Crippen molar-refractivity contribution in [3.63, 3.8) is 0 Å². The van der Waals surface area contributed by atoms with Crippen LogP contribution in [0.3, 0.4) is 0 Å². The molecule has 0 bridgehead atoms. The number of hydrogen-bond acceptors (Lipinski definition) is 4. The lowest BCUT2D eigenvalue weighted by Crippen LogP contribution is -2.41. The summed E-state index contributed by atoms with van der Waals surface area (Å²) in [6.07, 6.45) is 7.04. The zero-order valence-electron chi connectivity index (χ0n) is 9.78. The van der Waals surface area contributed by atoms with Gasteiger partial charge < -0.3 is 10.4 Å². The highest BCUT2D eigenvalue weighted by Crippen LogP contribution is 2.23. The molecule has 3 nitrogen and oxygen atoms in total. The van der Waals surface area contributed by atoms with Gasteiger partial charge in [-0.25, -0.2) is 4.98 Å². The zero-order valence-corrected chi connectivity index (χ0v) is 10.6. The molecule has 2 N–H and O–H groups in total. The third kappa shape index (κ3) is 3.54. The molecule has 16 heavy (non-hydrogen) atoms. The number of aromatic nitrogens is 1. The molecule has 0 amide bonds. The lowest BCUT2D eigenvalue weighted by molar-refractivity contribution is 0.0371. The maximum Gasteiger partial charge on any atom is 0.0953 e. The summed E-state index contributed by atoms with van der Waals surface area (Å²) >= 11 is 1.62. The van der Waals surface area contributed by atoms with Gasteiger partial charge in [0, 0.05) is 24.0 Å². The third-order valence-corrected chi connectivity index (χ3v) is 3.89. The average molecular weight is 240 g/mol. The van der Waals surface area contributed by atoms with E-state index in [0.29, 0.717) is 12.5 Å². The molecule has 0 radical (unpaired) electrons. The van der Waals surface area contributed by atoms with E-state index in [4.69, 9.17) is 0 Å². The molecule has 0 aromatic carbocycles. The highest BCUT2D eigenvalue weighted by molar-refractivity contribution is 7.09. The smallest absolute Gasteiger partial charge is 0.0953 e. The molecule has 0 spiro atoms. The van der Waals surface area contributed by atoms with Gasteiger partial charge in [-0.1, -0.05) is 6.42 Å². The van der Waals surface area contributed by atoms with Gasteiger partial charge >= 0.3 is 0 Å². The van der Waals surface area contributed by atoms with Crippen LogP contribution in [0, 0.1) is 0 Å². The van der Waals surface area contributed by atoms with Crippen molar-refractivity contribution < 1.29 is 5.11 Å². The molecule has 1 saturated heterocycles. The quantitative estimate of drug-likeness (QED) is 0.846. The van der Waals surface area contributed by atoms with Gasteiger partial charge in [0.1, 0.15) is 0 Å². The number of thiazole rings is 1. The number of aliphatic hydroxyl groups is 1. The molecule has 2 rings (SSSR count). The molecule has 0 saturated carbocycles. The Bertz CT molecular complexity index is 305. The molecule has 1 aliphatic heterocycles. The van der Waals surface area contributed by atoms with E-state index in [1.54, 1.807) is 17.5 Å². The summed E-state index contributed by atoms with van der Waals surface area (Å²) < 4.78 is 0. The van der Waals surface area contributed by atoms with Crippen LogP contribution < -0.4 is 5.32 Å². The normalized spacial score (nSPS) is 25.2. The molecule has 1 aromatic heterocycles. The summed E-state index contributed by atoms with van der Waals surface area (Å²) in [4.78, 5) is 4.23. The fraction of sp³-hybridized carbons (Fsp3) is 0.750. The van der Waals surface area contributed by atoms with Crippen molar-refractivity contribution in [1.82, 2.24) is 10.3 Å². The van der Waals surface area contributed by atoms with Crippen LogP contribution in [0.4, 0.5) is 0 Å². The summed E-state index contributed by atoms with van der Waals surface area (Å²) in [5.41, 5.74) is -0.632. The topological polar surface area (TPSA) is 45.2 Å². The molecule has 0 aliphatic carbocycles. The molecule has 2 heterocycles. The molecule has 1 aliphatic rings. The summed E-state index contributed by atoms with van der Waals surface area (Å²) in [6.45, 7) is 3.02. The lowest BCUT2D eigenvalue weighted by Gasteiger charge is -2.31. The molecule has 4 heteroatoms. The van der Waals surface area contributed by atoms with Crippen molar-refractivity contribution in [2.45, 2.75) is 50.7 Å². The first kappa shape index (κ1) is 12.0. The maximum absolute atomic E-state index is 10.4. The summed E-state index contributed by atoms with van der Waals surface area (Å²) in [6, 6.07) is 0.476. The minimum absolute atomic E-state index is 0.476.